The molecule has 18 heavy (non-hydrogen) atoms. The molecule has 0 aliphatic rings. The highest BCUT2D eigenvalue weighted by atomic mass is 79.9. The van der Waals surface area contributed by atoms with E-state index in [4.69, 9.17) is 4.42 Å². The summed E-state index contributed by atoms with van der Waals surface area (Å²) in [6.07, 6.45) is -3.34. The van der Waals surface area contributed by atoms with Crippen LogP contribution in [0.1, 0.15) is 21.5 Å². The van der Waals surface area contributed by atoms with Crippen molar-refractivity contribution in [2.45, 2.75) is 6.18 Å². The van der Waals surface area contributed by atoms with Crippen molar-refractivity contribution in [1.82, 2.24) is 0 Å². The van der Waals surface area contributed by atoms with Gasteiger partial charge in [0.2, 0.25) is 0 Å². The van der Waals surface area contributed by atoms with Gasteiger partial charge in [-0.25, -0.2) is 0 Å². The van der Waals surface area contributed by atoms with Gasteiger partial charge in [0.1, 0.15) is 0 Å². The topological polar surface area (TPSA) is 30.2 Å². The Morgan fingerprint density at radius 1 is 1.11 bits per heavy atom. The molecular formula is C12H6BrF3O2. The average molecular weight is 319 g/mol. The van der Waals surface area contributed by atoms with E-state index in [9.17, 15) is 18.0 Å². The average Bonchev–Trinajstić information content (AvgIpc) is 2.73. The third-order valence-corrected chi connectivity index (χ3v) is 2.95. The summed E-state index contributed by atoms with van der Waals surface area (Å²) in [4.78, 5) is 12.0. The Kier molecular flexibility index (Phi) is 3.30. The Balaban J connectivity index is 2.53. The van der Waals surface area contributed by atoms with Crippen molar-refractivity contribution in [2.24, 2.45) is 0 Å². The first-order valence-corrected chi connectivity index (χ1v) is 5.64. The van der Waals surface area contributed by atoms with Crippen LogP contribution in [0.3, 0.4) is 0 Å². The van der Waals surface area contributed by atoms with Gasteiger partial charge in [-0.05, 0) is 28.1 Å². The highest BCUT2D eigenvalue weighted by Crippen LogP contribution is 2.33. The summed E-state index contributed by atoms with van der Waals surface area (Å²) in [5, 5.41) is 0. The monoisotopic (exact) mass is 318 g/mol. The van der Waals surface area contributed by atoms with Crippen molar-refractivity contribution < 1.29 is 22.4 Å². The van der Waals surface area contributed by atoms with Crippen LogP contribution in [0.5, 0.6) is 0 Å². The summed E-state index contributed by atoms with van der Waals surface area (Å²) in [5.74, 6) is -0.733. The van der Waals surface area contributed by atoms with Gasteiger partial charge in [-0.15, -0.1) is 0 Å². The molecule has 6 heteroatoms. The predicted octanol–water partition coefficient (Wildman–Crippen LogP) is 4.29. The molecule has 0 fully saturated rings. The Morgan fingerprint density at radius 2 is 1.78 bits per heavy atom. The second-order valence-corrected chi connectivity index (χ2v) is 4.20. The van der Waals surface area contributed by atoms with E-state index in [1.165, 1.54) is 24.5 Å². The number of carbonyl (C=O) groups excluding carboxylic acids is 1. The van der Waals surface area contributed by atoms with Crippen LogP contribution >= 0.6 is 15.9 Å². The van der Waals surface area contributed by atoms with Gasteiger partial charge in [-0.3, -0.25) is 4.79 Å². The van der Waals surface area contributed by atoms with Crippen LogP contribution in [-0.4, -0.2) is 5.78 Å². The molecule has 0 aliphatic carbocycles. The summed E-state index contributed by atoms with van der Waals surface area (Å²) in [6, 6.07) is 5.96. The first kappa shape index (κ1) is 12.9. The quantitative estimate of drug-likeness (QED) is 0.773. The number of benzene rings is 1. The molecule has 0 saturated heterocycles. The largest absolute Gasteiger partial charge is 0.457 e. The number of hydrogen-bond donors (Lipinski definition) is 0. The van der Waals surface area contributed by atoms with Gasteiger partial charge in [-0.1, -0.05) is 18.2 Å². The molecule has 94 valence electrons. The molecule has 0 saturated carbocycles. The molecule has 0 unspecified atom stereocenters. The smallest absolute Gasteiger partial charge is 0.417 e. The fraction of sp³-hybridized carbons (Fsp3) is 0.0833. The van der Waals surface area contributed by atoms with Crippen LogP contribution in [0.25, 0.3) is 0 Å². The Morgan fingerprint density at radius 3 is 2.33 bits per heavy atom. The molecule has 1 aromatic heterocycles. The zero-order valence-electron chi connectivity index (χ0n) is 8.79. The number of carbonyl (C=O) groups is 1. The maximum atomic E-state index is 12.8. The van der Waals surface area contributed by atoms with E-state index in [1.807, 2.05) is 0 Å². The molecule has 1 heterocycles. The van der Waals surface area contributed by atoms with E-state index in [2.05, 4.69) is 15.9 Å². The lowest BCUT2D eigenvalue weighted by Gasteiger charge is -2.11. The fourth-order valence-corrected chi connectivity index (χ4v) is 1.95. The van der Waals surface area contributed by atoms with Crippen molar-refractivity contribution in [3.8, 4) is 0 Å². The molecule has 1 aromatic carbocycles. The van der Waals surface area contributed by atoms with Gasteiger partial charge in [-0.2, -0.15) is 13.2 Å². The van der Waals surface area contributed by atoms with E-state index >= 15 is 0 Å². The normalized spacial score (nSPS) is 11.6. The predicted molar refractivity (Wildman–Crippen MR) is 61.3 cm³/mol. The molecule has 0 N–H and O–H groups in total. The van der Waals surface area contributed by atoms with Crippen LogP contribution in [0, 0.1) is 0 Å². The van der Waals surface area contributed by atoms with E-state index in [1.54, 1.807) is 0 Å². The molecule has 2 aromatic rings. The molecule has 2 rings (SSSR count). The molecule has 0 radical (unpaired) electrons. The number of rotatable bonds is 2. The first-order valence-electron chi connectivity index (χ1n) is 4.85. The Labute approximate surface area is 109 Å². The van der Waals surface area contributed by atoms with E-state index in [-0.39, 0.29) is 10.2 Å². The minimum atomic E-state index is -4.57. The van der Waals surface area contributed by atoms with Crippen molar-refractivity contribution >= 4 is 21.7 Å². The first-order chi connectivity index (χ1) is 8.41. The summed E-state index contributed by atoms with van der Waals surface area (Å²) in [6.45, 7) is 0. The van der Waals surface area contributed by atoms with Gasteiger partial charge in [0.05, 0.1) is 17.4 Å². The summed E-state index contributed by atoms with van der Waals surface area (Å²) >= 11 is 2.97. The molecule has 0 aliphatic heterocycles. The second-order valence-electron chi connectivity index (χ2n) is 3.48. The zero-order chi connectivity index (χ0) is 13.3. The lowest BCUT2D eigenvalue weighted by atomic mass is 10.00. The molecule has 0 bridgehead atoms. The van der Waals surface area contributed by atoms with Gasteiger partial charge in [0.25, 0.3) is 0 Å². The summed E-state index contributed by atoms with van der Waals surface area (Å²) in [7, 11) is 0. The van der Waals surface area contributed by atoms with E-state index in [0.717, 1.165) is 12.1 Å². The highest BCUT2D eigenvalue weighted by Gasteiger charge is 2.35. The standard InChI is InChI=1S/C12H6BrF3O2/c13-11-8(5-6-18-11)10(17)7-3-1-2-4-9(7)12(14,15)16/h1-6H. The maximum absolute atomic E-state index is 12.8. The molecule has 0 amide bonds. The Hall–Kier alpha value is -1.56. The summed E-state index contributed by atoms with van der Waals surface area (Å²) in [5.41, 5.74) is -1.29. The van der Waals surface area contributed by atoms with Crippen molar-refractivity contribution in [3.05, 3.63) is 58.0 Å². The van der Waals surface area contributed by atoms with Gasteiger partial charge >= 0.3 is 6.18 Å². The molecular weight excluding hydrogens is 313 g/mol. The zero-order valence-corrected chi connectivity index (χ0v) is 10.4. The van der Waals surface area contributed by atoms with Crippen molar-refractivity contribution in [1.29, 1.82) is 0 Å². The summed E-state index contributed by atoms with van der Waals surface area (Å²) < 4.78 is 43.3. The van der Waals surface area contributed by atoms with Crippen LogP contribution in [0.4, 0.5) is 13.2 Å². The molecule has 0 spiro atoms. The van der Waals surface area contributed by atoms with Crippen molar-refractivity contribution in [2.75, 3.05) is 0 Å². The third kappa shape index (κ3) is 2.33. The van der Waals surface area contributed by atoms with Gasteiger partial charge < -0.3 is 4.42 Å². The van der Waals surface area contributed by atoms with Crippen molar-refractivity contribution in [3.63, 3.8) is 0 Å². The number of hydrogen-bond acceptors (Lipinski definition) is 2. The molecule has 0 atom stereocenters. The minimum absolute atomic E-state index is 0.0618. The van der Waals surface area contributed by atoms with Crippen LogP contribution in [-0.2, 0) is 6.18 Å². The molecule has 2 nitrogen and oxygen atoms in total. The van der Waals surface area contributed by atoms with Gasteiger partial charge in [0.15, 0.2) is 10.5 Å². The lowest BCUT2D eigenvalue weighted by molar-refractivity contribution is -0.137. The minimum Gasteiger partial charge on any atom is -0.457 e. The van der Waals surface area contributed by atoms with E-state index in [0.29, 0.717) is 0 Å². The van der Waals surface area contributed by atoms with Crippen LogP contribution in [0.15, 0.2) is 45.7 Å². The van der Waals surface area contributed by atoms with Gasteiger partial charge in [0, 0.05) is 5.56 Å². The van der Waals surface area contributed by atoms with Crippen LogP contribution in [0.2, 0.25) is 0 Å². The highest BCUT2D eigenvalue weighted by molar-refractivity contribution is 9.10. The van der Waals surface area contributed by atoms with Crippen LogP contribution < -0.4 is 0 Å². The number of halogens is 4. The second kappa shape index (κ2) is 4.61. The Bertz CT molecular complexity index is 587. The SMILES string of the molecule is O=C(c1ccccc1C(F)(F)F)c1ccoc1Br. The number of ketones is 1. The fourth-order valence-electron chi connectivity index (χ4n) is 1.53. The lowest BCUT2D eigenvalue weighted by Crippen LogP contribution is -2.13. The number of furan rings is 1. The third-order valence-electron chi connectivity index (χ3n) is 2.34. The maximum Gasteiger partial charge on any atom is 0.417 e. The number of alkyl halides is 3. The van der Waals surface area contributed by atoms with E-state index < -0.39 is 23.1 Å².